The maximum absolute atomic E-state index is 11.3. The molecule has 1 atom stereocenters. The molecule has 1 aromatic carbocycles. The summed E-state index contributed by atoms with van der Waals surface area (Å²) in [7, 11) is 0. The number of amides is 1. The lowest BCUT2D eigenvalue weighted by Crippen LogP contribution is -2.35. The van der Waals surface area contributed by atoms with Crippen molar-refractivity contribution in [1.82, 2.24) is 10.6 Å². The highest BCUT2D eigenvalue weighted by molar-refractivity contribution is 5.78. The van der Waals surface area contributed by atoms with Crippen molar-refractivity contribution < 1.29 is 4.79 Å². The van der Waals surface area contributed by atoms with Crippen molar-refractivity contribution in [1.29, 1.82) is 5.26 Å². The van der Waals surface area contributed by atoms with E-state index in [0.29, 0.717) is 0 Å². The zero-order valence-electron chi connectivity index (χ0n) is 10.2. The Balaban J connectivity index is 2.45. The van der Waals surface area contributed by atoms with E-state index in [-0.39, 0.29) is 25.0 Å². The SMILES string of the molecule is Cc1ccccc1[C@H](C)NCC(=O)NCC#N. The molecule has 0 radical (unpaired) electrons. The Morgan fingerprint density at radius 2 is 2.18 bits per heavy atom. The van der Waals surface area contributed by atoms with Gasteiger partial charge in [0, 0.05) is 6.04 Å². The van der Waals surface area contributed by atoms with E-state index in [1.165, 1.54) is 11.1 Å². The van der Waals surface area contributed by atoms with Crippen LogP contribution < -0.4 is 10.6 Å². The van der Waals surface area contributed by atoms with Crippen molar-refractivity contribution in [2.45, 2.75) is 19.9 Å². The minimum Gasteiger partial charge on any atom is -0.342 e. The third-order valence-corrected chi connectivity index (χ3v) is 2.59. The van der Waals surface area contributed by atoms with E-state index in [0.717, 1.165) is 0 Å². The molecular weight excluding hydrogens is 214 g/mol. The van der Waals surface area contributed by atoms with Crippen molar-refractivity contribution in [3.8, 4) is 6.07 Å². The summed E-state index contributed by atoms with van der Waals surface area (Å²) in [6.45, 7) is 4.33. The summed E-state index contributed by atoms with van der Waals surface area (Å²) in [5.74, 6) is -0.160. The molecular formula is C13H17N3O. The fourth-order valence-corrected chi connectivity index (χ4v) is 1.63. The van der Waals surface area contributed by atoms with Gasteiger partial charge >= 0.3 is 0 Å². The van der Waals surface area contributed by atoms with Crippen molar-refractivity contribution in [3.63, 3.8) is 0 Å². The van der Waals surface area contributed by atoms with Gasteiger partial charge in [-0.1, -0.05) is 24.3 Å². The normalized spacial score (nSPS) is 11.6. The first kappa shape index (κ1) is 13.2. The van der Waals surface area contributed by atoms with Crippen LogP contribution in [-0.2, 0) is 4.79 Å². The summed E-state index contributed by atoms with van der Waals surface area (Å²) >= 11 is 0. The highest BCUT2D eigenvalue weighted by Gasteiger charge is 2.08. The van der Waals surface area contributed by atoms with E-state index in [1.807, 2.05) is 44.2 Å². The first-order valence-corrected chi connectivity index (χ1v) is 5.57. The van der Waals surface area contributed by atoms with Crippen molar-refractivity contribution >= 4 is 5.91 Å². The number of benzene rings is 1. The van der Waals surface area contributed by atoms with Gasteiger partial charge in [-0.3, -0.25) is 4.79 Å². The molecule has 0 bridgehead atoms. The molecule has 0 spiro atoms. The van der Waals surface area contributed by atoms with Gasteiger partial charge < -0.3 is 10.6 Å². The van der Waals surface area contributed by atoms with Gasteiger partial charge in [-0.15, -0.1) is 0 Å². The number of hydrogen-bond donors (Lipinski definition) is 2. The Morgan fingerprint density at radius 1 is 1.47 bits per heavy atom. The fourth-order valence-electron chi connectivity index (χ4n) is 1.63. The van der Waals surface area contributed by atoms with Crippen molar-refractivity contribution in [2.24, 2.45) is 0 Å². The number of nitrogens with one attached hydrogen (secondary N) is 2. The topological polar surface area (TPSA) is 64.9 Å². The van der Waals surface area contributed by atoms with E-state index in [1.54, 1.807) is 0 Å². The summed E-state index contributed by atoms with van der Waals surface area (Å²) in [5.41, 5.74) is 2.38. The lowest BCUT2D eigenvalue weighted by atomic mass is 10.0. The molecule has 0 heterocycles. The monoisotopic (exact) mass is 231 g/mol. The maximum Gasteiger partial charge on any atom is 0.234 e. The van der Waals surface area contributed by atoms with Crippen molar-refractivity contribution in [3.05, 3.63) is 35.4 Å². The third kappa shape index (κ3) is 4.25. The Labute approximate surface area is 102 Å². The van der Waals surface area contributed by atoms with Crippen LogP contribution in [0.2, 0.25) is 0 Å². The van der Waals surface area contributed by atoms with Crippen LogP contribution in [0, 0.1) is 18.3 Å². The van der Waals surface area contributed by atoms with Crippen LogP contribution in [0.3, 0.4) is 0 Å². The van der Waals surface area contributed by atoms with Gasteiger partial charge in [0.15, 0.2) is 0 Å². The smallest absolute Gasteiger partial charge is 0.234 e. The molecule has 0 aliphatic carbocycles. The highest BCUT2D eigenvalue weighted by atomic mass is 16.1. The van der Waals surface area contributed by atoms with Crippen LogP contribution in [0.15, 0.2) is 24.3 Å². The lowest BCUT2D eigenvalue weighted by molar-refractivity contribution is -0.120. The molecule has 0 aliphatic heterocycles. The van der Waals surface area contributed by atoms with Gasteiger partial charge in [-0.25, -0.2) is 0 Å². The average molecular weight is 231 g/mol. The Kier molecular flexibility index (Phi) is 5.18. The molecule has 0 unspecified atom stereocenters. The van der Waals surface area contributed by atoms with Crippen LogP contribution in [0.1, 0.15) is 24.1 Å². The molecule has 0 saturated heterocycles. The first-order chi connectivity index (χ1) is 8.15. The molecule has 17 heavy (non-hydrogen) atoms. The molecule has 90 valence electrons. The molecule has 0 fully saturated rings. The summed E-state index contributed by atoms with van der Waals surface area (Å²) in [6.07, 6.45) is 0. The average Bonchev–Trinajstić information content (AvgIpc) is 2.34. The van der Waals surface area contributed by atoms with E-state index < -0.39 is 0 Å². The number of nitriles is 1. The summed E-state index contributed by atoms with van der Waals surface area (Å²) in [6, 6.07) is 10.0. The highest BCUT2D eigenvalue weighted by Crippen LogP contribution is 2.15. The van der Waals surface area contributed by atoms with E-state index in [9.17, 15) is 4.79 Å². The molecule has 4 nitrogen and oxygen atoms in total. The number of carbonyl (C=O) groups is 1. The van der Waals surface area contributed by atoms with Crippen LogP contribution >= 0.6 is 0 Å². The summed E-state index contributed by atoms with van der Waals surface area (Å²) < 4.78 is 0. The second kappa shape index (κ2) is 6.66. The molecule has 1 rings (SSSR count). The van der Waals surface area contributed by atoms with E-state index >= 15 is 0 Å². The van der Waals surface area contributed by atoms with E-state index in [2.05, 4.69) is 10.6 Å². The molecule has 0 saturated carbocycles. The van der Waals surface area contributed by atoms with Gasteiger partial charge in [0.2, 0.25) is 5.91 Å². The standard InChI is InChI=1S/C13H17N3O/c1-10-5-3-4-6-12(10)11(2)16-9-13(17)15-8-7-14/h3-6,11,16H,8-9H2,1-2H3,(H,15,17)/t11-/m0/s1. The largest absolute Gasteiger partial charge is 0.342 e. The van der Waals surface area contributed by atoms with Crippen LogP contribution in [0.25, 0.3) is 0 Å². The van der Waals surface area contributed by atoms with Crippen LogP contribution in [-0.4, -0.2) is 19.0 Å². The summed E-state index contributed by atoms with van der Waals surface area (Å²) in [4.78, 5) is 11.3. The zero-order valence-corrected chi connectivity index (χ0v) is 10.2. The third-order valence-electron chi connectivity index (χ3n) is 2.59. The maximum atomic E-state index is 11.3. The molecule has 1 aromatic rings. The second-order valence-corrected chi connectivity index (χ2v) is 3.89. The summed E-state index contributed by atoms with van der Waals surface area (Å²) in [5, 5.41) is 13.9. The fraction of sp³-hybridized carbons (Fsp3) is 0.385. The lowest BCUT2D eigenvalue weighted by Gasteiger charge is -2.15. The molecule has 1 amide bonds. The number of aryl methyl sites for hydroxylation is 1. The molecule has 2 N–H and O–H groups in total. The molecule has 0 aliphatic rings. The van der Waals surface area contributed by atoms with Gasteiger partial charge in [0.25, 0.3) is 0 Å². The van der Waals surface area contributed by atoms with Gasteiger partial charge in [-0.2, -0.15) is 5.26 Å². The van der Waals surface area contributed by atoms with Crippen molar-refractivity contribution in [2.75, 3.05) is 13.1 Å². The van der Waals surface area contributed by atoms with Gasteiger partial charge in [0.05, 0.1) is 12.6 Å². The minimum absolute atomic E-state index is 0.0548. The number of hydrogen-bond acceptors (Lipinski definition) is 3. The quantitative estimate of drug-likeness (QED) is 0.750. The predicted molar refractivity (Wildman–Crippen MR) is 66.2 cm³/mol. The predicted octanol–water partition coefficient (Wildman–Crippen LogP) is 1.29. The number of nitrogens with zero attached hydrogens (tertiary/aromatic N) is 1. The molecule has 0 aromatic heterocycles. The Morgan fingerprint density at radius 3 is 2.82 bits per heavy atom. The second-order valence-electron chi connectivity index (χ2n) is 3.89. The number of rotatable bonds is 5. The van der Waals surface area contributed by atoms with Crippen LogP contribution in [0.4, 0.5) is 0 Å². The van der Waals surface area contributed by atoms with Gasteiger partial charge in [0.1, 0.15) is 6.54 Å². The molecule has 4 heteroatoms. The zero-order chi connectivity index (χ0) is 12.7. The first-order valence-electron chi connectivity index (χ1n) is 5.57. The van der Waals surface area contributed by atoms with Crippen LogP contribution in [0.5, 0.6) is 0 Å². The van der Waals surface area contributed by atoms with Gasteiger partial charge in [-0.05, 0) is 25.0 Å². The number of carbonyl (C=O) groups excluding carboxylic acids is 1. The Bertz CT molecular complexity index is 423. The van der Waals surface area contributed by atoms with E-state index in [4.69, 9.17) is 5.26 Å². The Hall–Kier alpha value is -1.86. The minimum atomic E-state index is -0.160.